The molecule has 0 aromatic carbocycles. The number of ether oxygens (including phenoxy) is 1. The van der Waals surface area contributed by atoms with E-state index in [0.29, 0.717) is 39.1 Å². The Kier molecular flexibility index (Phi) is 6.08. The van der Waals surface area contributed by atoms with Gasteiger partial charge in [0.25, 0.3) is 0 Å². The van der Waals surface area contributed by atoms with Crippen molar-refractivity contribution in [2.75, 3.05) is 32.8 Å². The number of nitrogens with zero attached hydrogens (tertiary/aromatic N) is 1. The summed E-state index contributed by atoms with van der Waals surface area (Å²) in [7, 11) is 0. The number of nitrogens with one attached hydrogen (secondary N) is 1. The van der Waals surface area contributed by atoms with Crippen LogP contribution in [-0.4, -0.2) is 54.9 Å². The molecule has 110 valence electrons. The normalized spacial score (nSPS) is 16.5. The Balaban J connectivity index is 2.37. The van der Waals surface area contributed by atoms with Gasteiger partial charge in [-0.15, -0.1) is 0 Å². The lowest BCUT2D eigenvalue weighted by Crippen LogP contribution is -2.51. The average molecular weight is 272 g/mol. The fraction of sp³-hybridized carbons (Fsp3) is 0.846. The monoisotopic (exact) mass is 272 g/mol. The van der Waals surface area contributed by atoms with Crippen molar-refractivity contribution in [2.45, 2.75) is 33.1 Å². The second-order valence-electron chi connectivity index (χ2n) is 4.87. The lowest BCUT2D eigenvalue weighted by molar-refractivity contribution is -0.153. The number of rotatable bonds is 8. The molecule has 0 aliphatic heterocycles. The van der Waals surface area contributed by atoms with Gasteiger partial charge in [0.1, 0.15) is 0 Å². The molecule has 0 unspecified atom stereocenters. The van der Waals surface area contributed by atoms with Crippen molar-refractivity contribution in [2.24, 2.45) is 5.41 Å². The van der Waals surface area contributed by atoms with E-state index in [0.717, 1.165) is 6.42 Å². The van der Waals surface area contributed by atoms with Gasteiger partial charge in [-0.25, -0.2) is 4.79 Å². The fourth-order valence-electron chi connectivity index (χ4n) is 2.15. The van der Waals surface area contributed by atoms with Crippen molar-refractivity contribution in [1.29, 1.82) is 0 Å². The highest BCUT2D eigenvalue weighted by Gasteiger charge is 2.44. The van der Waals surface area contributed by atoms with Crippen molar-refractivity contribution in [3.05, 3.63) is 0 Å². The van der Waals surface area contributed by atoms with E-state index in [1.165, 1.54) is 0 Å². The molecule has 0 radical (unpaired) electrons. The van der Waals surface area contributed by atoms with Crippen LogP contribution in [0.1, 0.15) is 33.1 Å². The van der Waals surface area contributed by atoms with E-state index >= 15 is 0 Å². The number of aliphatic carboxylic acids is 1. The summed E-state index contributed by atoms with van der Waals surface area (Å²) in [6.45, 7) is 6.25. The number of amides is 2. The first-order chi connectivity index (χ1) is 9.05. The lowest BCUT2D eigenvalue weighted by Gasteiger charge is -2.38. The standard InChI is InChI=1S/C13H24N2O4/c1-3-15(8-9-19-4-2)12(18)14-10-13(11(16)17)6-5-7-13/h3-10H2,1-2H3,(H,14,18)(H,16,17). The van der Waals surface area contributed by atoms with Gasteiger partial charge in [-0.3, -0.25) is 4.79 Å². The predicted octanol–water partition coefficient (Wildman–Crippen LogP) is 1.31. The first kappa shape index (κ1) is 15.8. The zero-order valence-electron chi connectivity index (χ0n) is 11.8. The van der Waals surface area contributed by atoms with Crippen molar-refractivity contribution < 1.29 is 19.4 Å². The maximum Gasteiger partial charge on any atom is 0.317 e. The van der Waals surface area contributed by atoms with Gasteiger partial charge in [0.2, 0.25) is 0 Å². The van der Waals surface area contributed by atoms with Crippen molar-refractivity contribution >= 4 is 12.0 Å². The number of carbonyl (C=O) groups is 2. The Bertz CT molecular complexity index is 316. The summed E-state index contributed by atoms with van der Waals surface area (Å²) in [5.74, 6) is -0.809. The molecular weight excluding hydrogens is 248 g/mol. The van der Waals surface area contributed by atoms with Gasteiger partial charge in [0, 0.05) is 26.2 Å². The molecule has 1 fully saturated rings. The molecule has 6 heteroatoms. The topological polar surface area (TPSA) is 78.9 Å². The van der Waals surface area contributed by atoms with Crippen LogP contribution in [0.25, 0.3) is 0 Å². The molecule has 0 heterocycles. The van der Waals surface area contributed by atoms with Gasteiger partial charge in [0.05, 0.1) is 12.0 Å². The largest absolute Gasteiger partial charge is 0.481 e. The summed E-state index contributed by atoms with van der Waals surface area (Å²) in [4.78, 5) is 24.8. The van der Waals surface area contributed by atoms with Crippen LogP contribution >= 0.6 is 0 Å². The number of likely N-dealkylation sites (N-methyl/N-ethyl adjacent to an activating group) is 1. The van der Waals surface area contributed by atoms with E-state index < -0.39 is 11.4 Å². The van der Waals surface area contributed by atoms with E-state index in [1.54, 1.807) is 4.90 Å². The zero-order chi connectivity index (χ0) is 14.3. The average Bonchev–Trinajstić information content (AvgIpc) is 2.32. The number of carboxylic acids is 1. The number of hydrogen-bond donors (Lipinski definition) is 2. The van der Waals surface area contributed by atoms with Crippen LogP contribution in [0, 0.1) is 5.41 Å². The number of urea groups is 1. The quantitative estimate of drug-likeness (QED) is 0.653. The summed E-state index contributed by atoms with van der Waals surface area (Å²) in [6, 6.07) is -0.213. The molecule has 1 aliphatic rings. The van der Waals surface area contributed by atoms with Crippen LogP contribution in [0.15, 0.2) is 0 Å². The molecule has 0 atom stereocenters. The molecule has 0 aromatic heterocycles. The molecule has 0 saturated heterocycles. The smallest absolute Gasteiger partial charge is 0.317 e. The molecule has 6 nitrogen and oxygen atoms in total. The van der Waals surface area contributed by atoms with Crippen molar-refractivity contribution in [3.63, 3.8) is 0 Å². The van der Waals surface area contributed by atoms with Gasteiger partial charge in [-0.1, -0.05) is 6.42 Å². The summed E-state index contributed by atoms with van der Waals surface area (Å²) >= 11 is 0. The van der Waals surface area contributed by atoms with E-state index in [-0.39, 0.29) is 12.6 Å². The van der Waals surface area contributed by atoms with Gasteiger partial charge in [-0.05, 0) is 26.7 Å². The van der Waals surface area contributed by atoms with E-state index in [4.69, 9.17) is 4.74 Å². The summed E-state index contributed by atoms with van der Waals surface area (Å²) in [5.41, 5.74) is -0.741. The highest BCUT2D eigenvalue weighted by Crippen LogP contribution is 2.40. The molecular formula is C13H24N2O4. The van der Waals surface area contributed by atoms with Crippen LogP contribution in [0.3, 0.4) is 0 Å². The molecule has 1 aliphatic carbocycles. The predicted molar refractivity (Wildman–Crippen MR) is 71.1 cm³/mol. The van der Waals surface area contributed by atoms with E-state index in [9.17, 15) is 14.7 Å². The highest BCUT2D eigenvalue weighted by molar-refractivity contribution is 5.78. The Labute approximate surface area is 114 Å². The zero-order valence-corrected chi connectivity index (χ0v) is 11.8. The second kappa shape index (κ2) is 7.33. The minimum atomic E-state index is -0.809. The number of carbonyl (C=O) groups excluding carboxylic acids is 1. The first-order valence-electron chi connectivity index (χ1n) is 6.89. The molecule has 0 bridgehead atoms. The molecule has 2 amide bonds. The summed E-state index contributed by atoms with van der Waals surface area (Å²) < 4.78 is 5.22. The first-order valence-corrected chi connectivity index (χ1v) is 6.89. The number of carboxylic acid groups (broad SMARTS) is 1. The van der Waals surface area contributed by atoms with Crippen LogP contribution in [0.2, 0.25) is 0 Å². The number of hydrogen-bond acceptors (Lipinski definition) is 3. The molecule has 0 spiro atoms. The Hall–Kier alpha value is -1.30. The van der Waals surface area contributed by atoms with Gasteiger partial charge in [-0.2, -0.15) is 0 Å². The SMILES string of the molecule is CCOCCN(CC)C(=O)NCC1(C(=O)O)CCC1. The van der Waals surface area contributed by atoms with Crippen LogP contribution in [-0.2, 0) is 9.53 Å². The minimum absolute atomic E-state index is 0.213. The lowest BCUT2D eigenvalue weighted by atomic mass is 9.69. The molecule has 2 N–H and O–H groups in total. The molecule has 0 aromatic rings. The third kappa shape index (κ3) is 4.09. The fourth-order valence-corrected chi connectivity index (χ4v) is 2.15. The van der Waals surface area contributed by atoms with Crippen LogP contribution in [0.5, 0.6) is 0 Å². The van der Waals surface area contributed by atoms with Crippen LogP contribution in [0.4, 0.5) is 4.79 Å². The minimum Gasteiger partial charge on any atom is -0.481 e. The van der Waals surface area contributed by atoms with Gasteiger partial charge in [0.15, 0.2) is 0 Å². The van der Waals surface area contributed by atoms with Crippen molar-refractivity contribution in [1.82, 2.24) is 10.2 Å². The Morgan fingerprint density at radius 3 is 2.47 bits per heavy atom. The third-order valence-electron chi connectivity index (χ3n) is 3.72. The highest BCUT2D eigenvalue weighted by atomic mass is 16.5. The van der Waals surface area contributed by atoms with Crippen molar-refractivity contribution in [3.8, 4) is 0 Å². The van der Waals surface area contributed by atoms with Gasteiger partial charge >= 0.3 is 12.0 Å². The molecule has 1 rings (SSSR count). The Morgan fingerprint density at radius 1 is 1.37 bits per heavy atom. The summed E-state index contributed by atoms with van der Waals surface area (Å²) in [6.07, 6.45) is 2.21. The van der Waals surface area contributed by atoms with E-state index in [2.05, 4.69) is 5.32 Å². The maximum absolute atomic E-state index is 11.9. The van der Waals surface area contributed by atoms with Crippen LogP contribution < -0.4 is 5.32 Å². The van der Waals surface area contributed by atoms with E-state index in [1.807, 2.05) is 13.8 Å². The third-order valence-corrected chi connectivity index (χ3v) is 3.72. The molecule has 1 saturated carbocycles. The summed E-state index contributed by atoms with van der Waals surface area (Å²) in [5, 5.41) is 11.9. The maximum atomic E-state index is 11.9. The van der Waals surface area contributed by atoms with Gasteiger partial charge < -0.3 is 20.1 Å². The molecule has 19 heavy (non-hydrogen) atoms. The second-order valence-corrected chi connectivity index (χ2v) is 4.87. The Morgan fingerprint density at radius 2 is 2.05 bits per heavy atom.